The molecule has 0 aliphatic carbocycles. The van der Waals surface area contributed by atoms with Crippen molar-refractivity contribution in [2.24, 2.45) is 10.1 Å². The van der Waals surface area contributed by atoms with Crippen molar-refractivity contribution in [3.63, 3.8) is 0 Å². The number of carbonyl (C=O) groups is 1. The summed E-state index contributed by atoms with van der Waals surface area (Å²) in [5.74, 6) is -0.0574. The second kappa shape index (κ2) is 2.41. The molecule has 2 aliphatic heterocycles. The summed E-state index contributed by atoms with van der Waals surface area (Å²) in [4.78, 5) is 14.7. The minimum atomic E-state index is -0.261. The second-order valence-electron chi connectivity index (χ2n) is 2.44. The van der Waals surface area contributed by atoms with E-state index in [0.29, 0.717) is 5.17 Å². The Hall–Kier alpha value is -1.17. The molecule has 0 fully saturated rings. The second-order valence-corrected chi connectivity index (χ2v) is 3.60. The number of carbonyl (C=O) groups excluding carboxylic acids is 1. The predicted octanol–water partition coefficient (Wildman–Crippen LogP) is 0.632. The van der Waals surface area contributed by atoms with Gasteiger partial charge in [-0.2, -0.15) is 15.1 Å². The van der Waals surface area contributed by atoms with Crippen LogP contribution in [0.3, 0.4) is 0 Å². The Morgan fingerprint density at radius 2 is 2.42 bits per heavy atom. The quantitative estimate of drug-likeness (QED) is 0.597. The summed E-state index contributed by atoms with van der Waals surface area (Å²) < 4.78 is 0. The third-order valence-corrected chi connectivity index (χ3v) is 2.28. The van der Waals surface area contributed by atoms with Crippen LogP contribution >= 0.6 is 11.8 Å². The fraction of sp³-hybridized carbons (Fsp3) is 0.333. The lowest BCUT2D eigenvalue weighted by molar-refractivity contribution is -0.117. The molecule has 5 nitrogen and oxygen atoms in total. The molecule has 6 heteroatoms. The summed E-state index contributed by atoms with van der Waals surface area (Å²) in [5.41, 5.74) is 0. The van der Waals surface area contributed by atoms with Crippen molar-refractivity contribution in [3.8, 4) is 0 Å². The predicted molar refractivity (Wildman–Crippen MR) is 47.3 cm³/mol. The molecule has 0 bridgehead atoms. The van der Waals surface area contributed by atoms with E-state index < -0.39 is 0 Å². The van der Waals surface area contributed by atoms with Crippen LogP contribution in [0.4, 0.5) is 0 Å². The molecule has 0 unspecified atom stereocenters. The molecular formula is C6H6N4OS. The highest BCUT2D eigenvalue weighted by atomic mass is 32.2. The van der Waals surface area contributed by atoms with E-state index in [1.165, 1.54) is 16.8 Å². The van der Waals surface area contributed by atoms with Crippen LogP contribution in [0.5, 0.6) is 0 Å². The number of nitrogens with zero attached hydrogens (tertiary/aromatic N) is 3. The fourth-order valence-electron chi connectivity index (χ4n) is 0.990. The van der Waals surface area contributed by atoms with Gasteiger partial charge in [-0.25, -0.2) is 0 Å². The van der Waals surface area contributed by atoms with E-state index in [0.717, 1.165) is 5.04 Å². The van der Waals surface area contributed by atoms with Crippen molar-refractivity contribution in [2.45, 2.75) is 13.3 Å². The zero-order valence-corrected chi connectivity index (χ0v) is 7.18. The Balaban J connectivity index is 2.39. The smallest absolute Gasteiger partial charge is 0.255 e. The van der Waals surface area contributed by atoms with Gasteiger partial charge in [-0.05, 0) is 18.7 Å². The minimum Gasteiger partial charge on any atom is -0.286 e. The lowest BCUT2D eigenvalue weighted by Crippen LogP contribution is -2.33. The molecule has 0 aromatic rings. The van der Waals surface area contributed by atoms with E-state index in [9.17, 15) is 4.79 Å². The highest BCUT2D eigenvalue weighted by Crippen LogP contribution is 2.24. The number of aliphatic imine (C=N–C) groups is 1. The number of hydrogen-bond acceptors (Lipinski definition) is 4. The zero-order chi connectivity index (χ0) is 8.72. The number of thioether (sulfide) groups is 1. The Kier molecular flexibility index (Phi) is 1.50. The van der Waals surface area contributed by atoms with Crippen molar-refractivity contribution in [3.05, 3.63) is 0 Å². The Morgan fingerprint density at radius 1 is 1.67 bits per heavy atom. The van der Waals surface area contributed by atoms with Gasteiger partial charge in [0.05, 0.1) is 11.5 Å². The van der Waals surface area contributed by atoms with Crippen LogP contribution in [0.25, 0.3) is 0 Å². The molecule has 1 amide bonds. The standard InChI is InChI=1S/C6H6N4OS/c1-3-9-10-4(7)2-5(11)8-6(10)12-3/h7H,2H2,1H3. The molecule has 0 saturated carbocycles. The molecule has 0 spiro atoms. The third kappa shape index (κ3) is 1.04. The van der Waals surface area contributed by atoms with Crippen LogP contribution in [0, 0.1) is 5.41 Å². The Bertz CT molecular complexity index is 332. The van der Waals surface area contributed by atoms with Crippen molar-refractivity contribution in [2.75, 3.05) is 0 Å². The van der Waals surface area contributed by atoms with E-state index in [4.69, 9.17) is 5.41 Å². The van der Waals surface area contributed by atoms with Crippen LogP contribution < -0.4 is 0 Å². The average molecular weight is 182 g/mol. The minimum absolute atomic E-state index is 0.0564. The van der Waals surface area contributed by atoms with Crippen molar-refractivity contribution >= 4 is 33.7 Å². The molecule has 12 heavy (non-hydrogen) atoms. The lowest BCUT2D eigenvalue weighted by atomic mass is 10.3. The van der Waals surface area contributed by atoms with Gasteiger partial charge in [0.2, 0.25) is 0 Å². The maximum atomic E-state index is 10.9. The number of amides is 1. The normalized spacial score (nSPS) is 22.2. The van der Waals surface area contributed by atoms with Gasteiger partial charge < -0.3 is 0 Å². The van der Waals surface area contributed by atoms with Gasteiger partial charge in [0, 0.05) is 0 Å². The van der Waals surface area contributed by atoms with Crippen LogP contribution in [-0.4, -0.2) is 27.0 Å². The summed E-state index contributed by atoms with van der Waals surface area (Å²) in [7, 11) is 0. The lowest BCUT2D eigenvalue weighted by Gasteiger charge is -2.17. The van der Waals surface area contributed by atoms with Gasteiger partial charge in [-0.3, -0.25) is 10.2 Å². The Labute approximate surface area is 73.0 Å². The highest BCUT2D eigenvalue weighted by Gasteiger charge is 2.30. The SMILES string of the molecule is CC1=NN2C(=N)CC(=O)N=C2S1. The van der Waals surface area contributed by atoms with E-state index in [2.05, 4.69) is 10.1 Å². The molecule has 0 atom stereocenters. The summed E-state index contributed by atoms with van der Waals surface area (Å²) in [5, 5.41) is 14.2. The number of hydrazone groups is 1. The van der Waals surface area contributed by atoms with E-state index >= 15 is 0 Å². The van der Waals surface area contributed by atoms with Gasteiger partial charge in [0.25, 0.3) is 5.91 Å². The van der Waals surface area contributed by atoms with E-state index in [1.807, 2.05) is 6.92 Å². The maximum absolute atomic E-state index is 10.9. The summed E-state index contributed by atoms with van der Waals surface area (Å²) in [6.45, 7) is 1.82. The number of rotatable bonds is 0. The average Bonchev–Trinajstić information content (AvgIpc) is 2.29. The zero-order valence-electron chi connectivity index (χ0n) is 6.37. The number of fused-ring (bicyclic) bond motifs is 1. The molecule has 2 heterocycles. The van der Waals surface area contributed by atoms with Crippen LogP contribution in [0.1, 0.15) is 13.3 Å². The molecule has 0 aromatic carbocycles. The van der Waals surface area contributed by atoms with Gasteiger partial charge in [-0.15, -0.1) is 0 Å². The first-order chi connectivity index (χ1) is 5.66. The molecule has 2 aliphatic rings. The molecule has 0 radical (unpaired) electrons. The first kappa shape index (κ1) is 7.48. The topological polar surface area (TPSA) is 68.9 Å². The fourth-order valence-corrected chi connectivity index (χ4v) is 1.76. The van der Waals surface area contributed by atoms with Gasteiger partial charge >= 0.3 is 0 Å². The van der Waals surface area contributed by atoms with Crippen LogP contribution in [0.2, 0.25) is 0 Å². The molecule has 1 N–H and O–H groups in total. The summed E-state index contributed by atoms with van der Waals surface area (Å²) in [6.07, 6.45) is 0.0564. The number of amidine groups is 2. The maximum Gasteiger partial charge on any atom is 0.255 e. The third-order valence-electron chi connectivity index (χ3n) is 1.46. The molecule has 62 valence electrons. The van der Waals surface area contributed by atoms with E-state index in [1.54, 1.807) is 0 Å². The molecular weight excluding hydrogens is 176 g/mol. The molecule has 0 saturated heterocycles. The van der Waals surface area contributed by atoms with E-state index in [-0.39, 0.29) is 18.2 Å². The monoisotopic (exact) mass is 182 g/mol. The Morgan fingerprint density at radius 3 is 3.17 bits per heavy atom. The van der Waals surface area contributed by atoms with Crippen LogP contribution in [0.15, 0.2) is 10.1 Å². The van der Waals surface area contributed by atoms with Gasteiger partial charge in [0.1, 0.15) is 5.84 Å². The van der Waals surface area contributed by atoms with Crippen molar-refractivity contribution in [1.82, 2.24) is 5.01 Å². The number of hydrogen-bond donors (Lipinski definition) is 1. The van der Waals surface area contributed by atoms with Gasteiger partial charge in [-0.1, -0.05) is 0 Å². The van der Waals surface area contributed by atoms with Crippen LogP contribution in [-0.2, 0) is 4.79 Å². The summed E-state index contributed by atoms with van der Waals surface area (Å²) >= 11 is 1.32. The number of nitrogens with one attached hydrogen (secondary N) is 1. The summed E-state index contributed by atoms with van der Waals surface area (Å²) in [6, 6.07) is 0. The van der Waals surface area contributed by atoms with Crippen molar-refractivity contribution in [1.29, 1.82) is 5.41 Å². The highest BCUT2D eigenvalue weighted by molar-refractivity contribution is 8.26. The largest absolute Gasteiger partial charge is 0.286 e. The molecule has 2 rings (SSSR count). The molecule has 0 aromatic heterocycles. The van der Waals surface area contributed by atoms with Gasteiger partial charge in [0.15, 0.2) is 5.17 Å². The van der Waals surface area contributed by atoms with Crippen molar-refractivity contribution < 1.29 is 4.79 Å². The first-order valence-electron chi connectivity index (χ1n) is 3.39. The first-order valence-corrected chi connectivity index (χ1v) is 4.20.